The minimum Gasteiger partial charge on any atom is -0.385 e. The molecule has 0 radical (unpaired) electrons. The van der Waals surface area contributed by atoms with E-state index >= 15 is 0 Å². The normalized spacial score (nSPS) is 11.5. The van der Waals surface area contributed by atoms with Crippen molar-refractivity contribution < 1.29 is 0 Å². The number of aromatic amines is 1. The van der Waals surface area contributed by atoms with Crippen molar-refractivity contribution in [3.8, 4) is 0 Å². The van der Waals surface area contributed by atoms with Crippen LogP contribution in [-0.2, 0) is 13.6 Å². The van der Waals surface area contributed by atoms with E-state index < -0.39 is 11.2 Å². The first-order valence-electron chi connectivity index (χ1n) is 8.93. The molecule has 0 unspecified atom stereocenters. The Hall–Kier alpha value is -3.29. The van der Waals surface area contributed by atoms with Gasteiger partial charge in [-0.05, 0) is 38.0 Å². The van der Waals surface area contributed by atoms with Gasteiger partial charge in [0.15, 0.2) is 11.2 Å². The molecule has 4 aromatic rings. The first-order valence-corrected chi connectivity index (χ1v) is 8.93. The van der Waals surface area contributed by atoms with Crippen molar-refractivity contribution in [2.45, 2.75) is 26.8 Å². The SMILES string of the molecule is Cc1cccc(NCCCn2c(C)cn3c4c(=O)[nH]c(=O)n(C)c4nc23)c1. The number of anilines is 1. The van der Waals surface area contributed by atoms with Crippen LogP contribution >= 0.6 is 0 Å². The minimum atomic E-state index is -0.459. The molecule has 0 saturated carbocycles. The maximum atomic E-state index is 12.2. The molecule has 3 heterocycles. The number of nitrogens with zero attached hydrogens (tertiary/aromatic N) is 4. The average molecular weight is 366 g/mol. The van der Waals surface area contributed by atoms with Gasteiger partial charge >= 0.3 is 5.69 Å². The third-order valence-electron chi connectivity index (χ3n) is 4.82. The van der Waals surface area contributed by atoms with Crippen molar-refractivity contribution in [1.29, 1.82) is 0 Å². The summed E-state index contributed by atoms with van der Waals surface area (Å²) in [5, 5.41) is 3.43. The molecule has 0 bridgehead atoms. The van der Waals surface area contributed by atoms with Crippen LogP contribution in [0.5, 0.6) is 0 Å². The van der Waals surface area contributed by atoms with Crippen molar-refractivity contribution in [1.82, 2.24) is 23.5 Å². The second-order valence-electron chi connectivity index (χ2n) is 6.84. The van der Waals surface area contributed by atoms with Gasteiger partial charge < -0.3 is 9.88 Å². The zero-order chi connectivity index (χ0) is 19.1. The van der Waals surface area contributed by atoms with Gasteiger partial charge in [-0.1, -0.05) is 12.1 Å². The van der Waals surface area contributed by atoms with Crippen molar-refractivity contribution >= 4 is 22.6 Å². The van der Waals surface area contributed by atoms with Crippen molar-refractivity contribution in [3.05, 3.63) is 62.6 Å². The molecule has 140 valence electrons. The van der Waals surface area contributed by atoms with E-state index in [1.165, 1.54) is 10.1 Å². The lowest BCUT2D eigenvalue weighted by Crippen LogP contribution is -2.28. The fourth-order valence-electron chi connectivity index (χ4n) is 3.42. The molecule has 0 aliphatic heterocycles. The lowest BCUT2D eigenvalue weighted by atomic mass is 10.2. The Morgan fingerprint density at radius 2 is 2.04 bits per heavy atom. The summed E-state index contributed by atoms with van der Waals surface area (Å²) in [6.07, 6.45) is 2.79. The lowest BCUT2D eigenvalue weighted by molar-refractivity contribution is 0.660. The molecule has 27 heavy (non-hydrogen) atoms. The molecule has 0 spiro atoms. The molecular weight excluding hydrogens is 344 g/mol. The van der Waals surface area contributed by atoms with E-state index in [-0.39, 0.29) is 0 Å². The Labute approximate surface area is 155 Å². The molecule has 8 heteroatoms. The van der Waals surface area contributed by atoms with Crippen LogP contribution in [0.1, 0.15) is 17.7 Å². The Morgan fingerprint density at radius 3 is 2.81 bits per heavy atom. The van der Waals surface area contributed by atoms with Gasteiger partial charge in [-0.25, -0.2) is 4.79 Å². The molecule has 0 amide bonds. The number of imidazole rings is 2. The van der Waals surface area contributed by atoms with E-state index in [1.54, 1.807) is 11.4 Å². The number of aromatic nitrogens is 5. The molecule has 4 rings (SSSR count). The highest BCUT2D eigenvalue weighted by molar-refractivity contribution is 5.75. The highest BCUT2D eigenvalue weighted by Crippen LogP contribution is 2.16. The third-order valence-corrected chi connectivity index (χ3v) is 4.82. The minimum absolute atomic E-state index is 0.394. The van der Waals surface area contributed by atoms with Crippen LogP contribution in [-0.4, -0.2) is 30.0 Å². The Kier molecular flexibility index (Phi) is 4.10. The third kappa shape index (κ3) is 2.92. The van der Waals surface area contributed by atoms with Gasteiger partial charge in [0, 0.05) is 37.7 Å². The molecule has 0 atom stereocenters. The second kappa shape index (κ2) is 6.46. The van der Waals surface area contributed by atoms with Crippen LogP contribution in [0, 0.1) is 13.8 Å². The van der Waals surface area contributed by atoms with Gasteiger partial charge in [-0.2, -0.15) is 4.98 Å². The van der Waals surface area contributed by atoms with Gasteiger partial charge in [0.05, 0.1) is 0 Å². The maximum absolute atomic E-state index is 12.2. The van der Waals surface area contributed by atoms with Gasteiger partial charge in [0.1, 0.15) is 0 Å². The molecule has 0 aliphatic rings. The van der Waals surface area contributed by atoms with E-state index in [4.69, 9.17) is 0 Å². The standard InChI is InChI=1S/C19H22N6O2/c1-12-6-4-7-14(10-12)20-8-5-9-24-13(2)11-25-15-16(21-18(24)25)23(3)19(27)22-17(15)26/h4,6-7,10-11,20H,5,8-9H2,1-3H3,(H,22,26,27). The highest BCUT2D eigenvalue weighted by atomic mass is 16.2. The molecule has 3 aromatic heterocycles. The topological polar surface area (TPSA) is 89.1 Å². The fraction of sp³-hybridized carbons (Fsp3) is 0.316. The van der Waals surface area contributed by atoms with Crippen LogP contribution in [0.25, 0.3) is 16.9 Å². The Balaban J connectivity index is 1.60. The predicted molar refractivity (Wildman–Crippen MR) is 106 cm³/mol. The number of fused-ring (bicyclic) bond motifs is 3. The summed E-state index contributed by atoms with van der Waals surface area (Å²) in [7, 11) is 1.61. The number of nitrogens with one attached hydrogen (secondary N) is 2. The van der Waals surface area contributed by atoms with Gasteiger partial charge in [-0.3, -0.25) is 18.7 Å². The number of H-pyrrole nitrogens is 1. The van der Waals surface area contributed by atoms with E-state index in [9.17, 15) is 9.59 Å². The zero-order valence-electron chi connectivity index (χ0n) is 15.6. The summed E-state index contributed by atoms with van der Waals surface area (Å²) < 4.78 is 5.20. The number of rotatable bonds is 5. The van der Waals surface area contributed by atoms with Crippen molar-refractivity contribution in [2.75, 3.05) is 11.9 Å². The number of hydrogen-bond acceptors (Lipinski definition) is 4. The first kappa shape index (κ1) is 17.1. The fourth-order valence-corrected chi connectivity index (χ4v) is 3.42. The number of benzene rings is 1. The van der Waals surface area contributed by atoms with Crippen LogP contribution in [0.3, 0.4) is 0 Å². The average Bonchev–Trinajstić information content (AvgIpc) is 3.12. The maximum Gasteiger partial charge on any atom is 0.329 e. The lowest BCUT2D eigenvalue weighted by Gasteiger charge is -2.09. The van der Waals surface area contributed by atoms with Crippen molar-refractivity contribution in [2.24, 2.45) is 7.05 Å². The van der Waals surface area contributed by atoms with E-state index in [2.05, 4.69) is 45.0 Å². The molecule has 0 saturated heterocycles. The van der Waals surface area contributed by atoms with Crippen LogP contribution in [0.2, 0.25) is 0 Å². The number of hydrogen-bond donors (Lipinski definition) is 2. The van der Waals surface area contributed by atoms with Gasteiger partial charge in [-0.15, -0.1) is 0 Å². The monoisotopic (exact) mass is 366 g/mol. The predicted octanol–water partition coefficient (Wildman–Crippen LogP) is 1.80. The summed E-state index contributed by atoms with van der Waals surface area (Å²) in [6, 6.07) is 8.28. The quantitative estimate of drug-likeness (QED) is 0.527. The molecule has 8 nitrogen and oxygen atoms in total. The Bertz CT molecular complexity index is 1260. The summed E-state index contributed by atoms with van der Waals surface area (Å²) in [6.45, 7) is 5.65. The van der Waals surface area contributed by atoms with Crippen molar-refractivity contribution in [3.63, 3.8) is 0 Å². The van der Waals surface area contributed by atoms with Crippen LogP contribution < -0.4 is 16.6 Å². The zero-order valence-corrected chi connectivity index (χ0v) is 15.6. The Morgan fingerprint density at radius 1 is 1.22 bits per heavy atom. The summed E-state index contributed by atoms with van der Waals surface area (Å²) in [5.41, 5.74) is 3.26. The first-order chi connectivity index (χ1) is 13.0. The molecule has 2 N–H and O–H groups in total. The molecule has 0 aliphatic carbocycles. The molecular formula is C19H22N6O2. The van der Waals surface area contributed by atoms with Gasteiger partial charge in [0.25, 0.3) is 5.56 Å². The van der Waals surface area contributed by atoms with E-state index in [1.807, 2.05) is 19.2 Å². The highest BCUT2D eigenvalue weighted by Gasteiger charge is 2.16. The van der Waals surface area contributed by atoms with E-state index in [0.29, 0.717) is 16.9 Å². The van der Waals surface area contributed by atoms with Crippen LogP contribution in [0.15, 0.2) is 40.1 Å². The smallest absolute Gasteiger partial charge is 0.329 e. The summed E-state index contributed by atoms with van der Waals surface area (Å²) in [4.78, 5) is 30.9. The molecule has 1 aromatic carbocycles. The summed E-state index contributed by atoms with van der Waals surface area (Å²) in [5.74, 6) is 0.671. The van der Waals surface area contributed by atoms with Gasteiger partial charge in [0.2, 0.25) is 5.78 Å². The van der Waals surface area contributed by atoms with Crippen LogP contribution in [0.4, 0.5) is 5.69 Å². The summed E-state index contributed by atoms with van der Waals surface area (Å²) >= 11 is 0. The number of aryl methyl sites for hydroxylation is 4. The van der Waals surface area contributed by atoms with E-state index in [0.717, 1.165) is 30.9 Å². The molecule has 0 fully saturated rings. The largest absolute Gasteiger partial charge is 0.385 e. The second-order valence-corrected chi connectivity index (χ2v) is 6.84.